The lowest BCUT2D eigenvalue weighted by Crippen LogP contribution is -2.18. The maximum atomic E-state index is 13.6. The van der Waals surface area contributed by atoms with E-state index in [1.54, 1.807) is 0 Å². The van der Waals surface area contributed by atoms with Crippen LogP contribution in [0, 0.1) is 11.6 Å². The Morgan fingerprint density at radius 3 is 2.12 bits per heavy atom. The highest BCUT2D eigenvalue weighted by Crippen LogP contribution is 2.17. The number of hydrogen-bond acceptors (Lipinski definition) is 2. The molecule has 1 aromatic rings. The number of carbonyl (C=O) groups excluding carboxylic acids is 1. The third-order valence-corrected chi connectivity index (χ3v) is 4.51. The van der Waals surface area contributed by atoms with Gasteiger partial charge in [-0.3, -0.25) is 0 Å². The minimum Gasteiger partial charge on any atom is -0.459 e. The summed E-state index contributed by atoms with van der Waals surface area (Å²) in [6, 6.07) is 2.91. The van der Waals surface area contributed by atoms with E-state index in [4.69, 9.17) is 4.74 Å². The molecular weight excluding hydrogens is 322 g/mol. The van der Waals surface area contributed by atoms with E-state index >= 15 is 0 Å². The van der Waals surface area contributed by atoms with Crippen molar-refractivity contribution in [1.29, 1.82) is 0 Å². The lowest BCUT2D eigenvalue weighted by Gasteiger charge is -2.16. The first-order valence-corrected chi connectivity index (χ1v) is 9.74. The summed E-state index contributed by atoms with van der Waals surface area (Å²) in [5.41, 5.74) is -0.202. The van der Waals surface area contributed by atoms with Crippen LogP contribution in [0.15, 0.2) is 18.2 Å². The molecule has 2 nitrogen and oxygen atoms in total. The number of rotatable bonds is 13. The average Bonchev–Trinajstić information content (AvgIpc) is 2.59. The highest BCUT2D eigenvalue weighted by atomic mass is 19.1. The molecule has 0 amide bonds. The van der Waals surface area contributed by atoms with Gasteiger partial charge in [-0.15, -0.1) is 0 Å². The summed E-state index contributed by atoms with van der Waals surface area (Å²) in [5.74, 6) is -2.28. The lowest BCUT2D eigenvalue weighted by atomic mass is 10.0. The van der Waals surface area contributed by atoms with E-state index in [0.29, 0.717) is 12.5 Å². The number of ether oxygens (including phenoxy) is 1. The van der Waals surface area contributed by atoms with Crippen molar-refractivity contribution in [3.63, 3.8) is 0 Å². The normalized spacial score (nSPS) is 12.2. The minimum atomic E-state index is -0.872. The van der Waals surface area contributed by atoms with Gasteiger partial charge in [0, 0.05) is 6.07 Å². The van der Waals surface area contributed by atoms with Crippen LogP contribution in [0.5, 0.6) is 0 Å². The van der Waals surface area contributed by atoms with Crippen molar-refractivity contribution < 1.29 is 18.3 Å². The predicted octanol–water partition coefficient (Wildman–Crippen LogP) is 6.82. The van der Waals surface area contributed by atoms with Gasteiger partial charge in [-0.25, -0.2) is 13.6 Å². The first-order chi connectivity index (χ1) is 12.1. The molecule has 1 aromatic carbocycles. The van der Waals surface area contributed by atoms with E-state index in [1.807, 2.05) is 6.92 Å². The fraction of sp³-hybridized carbons (Fsp3) is 0.667. The molecule has 0 N–H and O–H groups in total. The summed E-state index contributed by atoms with van der Waals surface area (Å²) in [4.78, 5) is 12.0. The molecule has 0 fully saturated rings. The highest BCUT2D eigenvalue weighted by Gasteiger charge is 2.18. The molecule has 0 bridgehead atoms. The summed E-state index contributed by atoms with van der Waals surface area (Å²) in [6.45, 7) is 4.17. The molecule has 0 radical (unpaired) electrons. The molecule has 25 heavy (non-hydrogen) atoms. The first kappa shape index (κ1) is 21.6. The van der Waals surface area contributed by atoms with Crippen molar-refractivity contribution in [2.24, 2.45) is 0 Å². The second-order valence-electron chi connectivity index (χ2n) is 6.68. The van der Waals surface area contributed by atoms with Crippen molar-refractivity contribution in [2.45, 2.75) is 90.6 Å². The van der Waals surface area contributed by atoms with Crippen LogP contribution >= 0.6 is 0 Å². The van der Waals surface area contributed by atoms with Crippen LogP contribution in [0.2, 0.25) is 0 Å². The fourth-order valence-corrected chi connectivity index (χ4v) is 2.90. The van der Waals surface area contributed by atoms with Crippen molar-refractivity contribution in [3.8, 4) is 0 Å². The largest absolute Gasteiger partial charge is 0.459 e. The van der Waals surface area contributed by atoms with E-state index in [-0.39, 0.29) is 11.7 Å². The van der Waals surface area contributed by atoms with E-state index in [9.17, 15) is 13.6 Å². The summed E-state index contributed by atoms with van der Waals surface area (Å²) < 4.78 is 31.9. The number of carbonyl (C=O) groups is 1. The Morgan fingerprint density at radius 1 is 0.960 bits per heavy atom. The Labute approximate surface area is 151 Å². The third-order valence-electron chi connectivity index (χ3n) is 4.51. The van der Waals surface area contributed by atoms with Crippen LogP contribution in [-0.2, 0) is 4.74 Å². The van der Waals surface area contributed by atoms with Gasteiger partial charge in [0.25, 0.3) is 0 Å². The van der Waals surface area contributed by atoms with Crippen LogP contribution in [0.1, 0.15) is 94.8 Å². The van der Waals surface area contributed by atoms with Gasteiger partial charge in [-0.05, 0) is 31.4 Å². The van der Waals surface area contributed by atoms with E-state index < -0.39 is 17.6 Å². The molecule has 0 aliphatic carbocycles. The number of halogens is 2. The van der Waals surface area contributed by atoms with Crippen LogP contribution < -0.4 is 0 Å². The van der Waals surface area contributed by atoms with Gasteiger partial charge in [0.2, 0.25) is 0 Å². The monoisotopic (exact) mass is 354 g/mol. The van der Waals surface area contributed by atoms with Gasteiger partial charge >= 0.3 is 5.97 Å². The summed E-state index contributed by atoms with van der Waals surface area (Å²) >= 11 is 0. The molecule has 1 rings (SSSR count). The molecule has 0 aliphatic rings. The fourth-order valence-electron chi connectivity index (χ4n) is 2.90. The van der Waals surface area contributed by atoms with Gasteiger partial charge < -0.3 is 4.74 Å². The Morgan fingerprint density at radius 2 is 1.56 bits per heavy atom. The second kappa shape index (κ2) is 12.8. The van der Waals surface area contributed by atoms with Crippen LogP contribution in [0.25, 0.3) is 0 Å². The molecular formula is C21H32F2O2. The number of hydrogen-bond donors (Lipinski definition) is 0. The molecule has 0 spiro atoms. The van der Waals surface area contributed by atoms with E-state index in [2.05, 4.69) is 6.92 Å². The van der Waals surface area contributed by atoms with Crippen molar-refractivity contribution in [3.05, 3.63) is 35.4 Å². The van der Waals surface area contributed by atoms with Gasteiger partial charge in [-0.1, -0.05) is 65.2 Å². The Kier molecular flexibility index (Phi) is 11.1. The van der Waals surface area contributed by atoms with Crippen LogP contribution in [0.4, 0.5) is 8.78 Å². The van der Waals surface area contributed by atoms with E-state index in [0.717, 1.165) is 31.4 Å². The smallest absolute Gasteiger partial charge is 0.341 e. The van der Waals surface area contributed by atoms with Gasteiger partial charge in [0.1, 0.15) is 17.7 Å². The molecule has 0 heterocycles. The number of benzene rings is 1. The topological polar surface area (TPSA) is 26.3 Å². The maximum Gasteiger partial charge on any atom is 0.341 e. The highest BCUT2D eigenvalue weighted by molar-refractivity contribution is 5.89. The first-order valence-electron chi connectivity index (χ1n) is 9.74. The zero-order valence-electron chi connectivity index (χ0n) is 15.7. The van der Waals surface area contributed by atoms with Crippen molar-refractivity contribution in [1.82, 2.24) is 0 Å². The zero-order valence-corrected chi connectivity index (χ0v) is 15.7. The number of esters is 1. The molecule has 142 valence electrons. The van der Waals surface area contributed by atoms with Crippen LogP contribution in [0.3, 0.4) is 0 Å². The number of unbranched alkanes of at least 4 members (excludes halogenated alkanes) is 8. The summed E-state index contributed by atoms with van der Waals surface area (Å²) in [5, 5.41) is 0. The quantitative estimate of drug-likeness (QED) is 0.287. The molecule has 4 heteroatoms. The molecule has 1 unspecified atom stereocenters. The maximum absolute atomic E-state index is 13.6. The van der Waals surface area contributed by atoms with Gasteiger partial charge in [0.15, 0.2) is 0 Å². The average molecular weight is 354 g/mol. The zero-order chi connectivity index (χ0) is 18.5. The van der Waals surface area contributed by atoms with Gasteiger partial charge in [0.05, 0.1) is 5.56 Å². The Hall–Kier alpha value is -1.45. The lowest BCUT2D eigenvalue weighted by molar-refractivity contribution is 0.0261. The predicted molar refractivity (Wildman–Crippen MR) is 97.7 cm³/mol. The summed E-state index contributed by atoms with van der Waals surface area (Å²) in [7, 11) is 0. The Bertz CT molecular complexity index is 503. The molecule has 1 atom stereocenters. The van der Waals surface area contributed by atoms with E-state index in [1.165, 1.54) is 44.9 Å². The molecule has 0 saturated heterocycles. The molecule has 0 saturated carbocycles. The Balaban J connectivity index is 2.22. The van der Waals surface area contributed by atoms with Gasteiger partial charge in [-0.2, -0.15) is 0 Å². The SMILES string of the molecule is CCCCCCCCCCCC(CC)OC(=O)c1ccc(F)cc1F. The molecule has 0 aliphatic heterocycles. The summed E-state index contributed by atoms with van der Waals surface area (Å²) in [6.07, 6.45) is 12.5. The molecule has 0 aromatic heterocycles. The second-order valence-corrected chi connectivity index (χ2v) is 6.68. The van der Waals surface area contributed by atoms with Crippen molar-refractivity contribution in [2.75, 3.05) is 0 Å². The third kappa shape index (κ3) is 8.99. The van der Waals surface area contributed by atoms with Crippen LogP contribution in [-0.4, -0.2) is 12.1 Å². The van der Waals surface area contributed by atoms with Crippen molar-refractivity contribution >= 4 is 5.97 Å². The standard InChI is InChI=1S/C21H32F2O2/c1-3-5-6-7-8-9-10-11-12-13-18(4-2)25-21(24)19-15-14-17(22)16-20(19)23/h14-16,18H,3-13H2,1-2H3. The minimum absolute atomic E-state index is 0.202.